The lowest BCUT2D eigenvalue weighted by Gasteiger charge is -2.38. The topological polar surface area (TPSA) is 612 Å². The summed E-state index contributed by atoms with van der Waals surface area (Å²) in [6.45, 7) is 7.78. The van der Waals surface area contributed by atoms with Crippen molar-refractivity contribution < 1.29 is 116 Å². The maximum absolute atomic E-state index is 16.0. The molecular weight excluding hydrogens is 1860 g/mol. The molecule has 0 unspecified atom stereocenters. The van der Waals surface area contributed by atoms with E-state index in [0.29, 0.717) is 23.1 Å². The molecule has 0 radical (unpaired) electrons. The van der Waals surface area contributed by atoms with Crippen LogP contribution in [0.4, 0.5) is 4.79 Å². The molecule has 2 aromatic heterocycles. The van der Waals surface area contributed by atoms with Crippen molar-refractivity contribution in [3.8, 4) is 0 Å². The van der Waals surface area contributed by atoms with Crippen molar-refractivity contribution in [2.45, 2.75) is 279 Å². The van der Waals surface area contributed by atoms with Gasteiger partial charge in [0.1, 0.15) is 83.1 Å². The zero-order chi connectivity index (χ0) is 102. The van der Waals surface area contributed by atoms with E-state index in [0.717, 1.165) is 15.0 Å². The number of aromatic carboxylic acids is 1. The second-order valence-electron chi connectivity index (χ2n) is 37.7. The molecule has 14 atom stereocenters. The Labute approximate surface area is 822 Å². The van der Waals surface area contributed by atoms with E-state index < -0.39 is 233 Å². The third-order valence-electron chi connectivity index (χ3n) is 25.5. The molecule has 3 saturated heterocycles. The third-order valence-corrected chi connectivity index (χ3v) is 27.2. The van der Waals surface area contributed by atoms with Gasteiger partial charge in [-0.15, -0.1) is 11.3 Å². The van der Waals surface area contributed by atoms with Crippen LogP contribution >= 0.6 is 22.7 Å². The van der Waals surface area contributed by atoms with E-state index in [1.165, 1.54) is 72.6 Å². The van der Waals surface area contributed by atoms with Crippen LogP contribution in [0.1, 0.15) is 203 Å². The maximum Gasteiger partial charge on any atom is 0.409 e. The number of carboxylic acids is 3. The first-order valence-electron chi connectivity index (χ1n) is 47.4. The van der Waals surface area contributed by atoms with Gasteiger partial charge in [-0.2, -0.15) is 11.3 Å². The number of likely N-dealkylation sites (tertiary alicyclic amines) is 1. The average molecular weight is 1990 g/mol. The number of hydrogen-bond donors (Lipinski definition) is 18. The highest BCUT2D eigenvalue weighted by molar-refractivity contribution is 7.17. The molecule has 141 heavy (non-hydrogen) atoms. The van der Waals surface area contributed by atoms with Gasteiger partial charge in [0.2, 0.25) is 94.5 Å². The Morgan fingerprint density at radius 2 is 1.04 bits per heavy atom. The minimum Gasteiger partial charge on any atom is -0.481 e. The van der Waals surface area contributed by atoms with Crippen LogP contribution in [0.2, 0.25) is 0 Å². The van der Waals surface area contributed by atoms with Gasteiger partial charge in [0.05, 0.1) is 31.6 Å². The Morgan fingerprint density at radius 1 is 0.496 bits per heavy atom. The van der Waals surface area contributed by atoms with Gasteiger partial charge in [0, 0.05) is 63.4 Å². The molecule has 5 aliphatic rings. The number of fused-ring (bicyclic) bond motifs is 4. The largest absolute Gasteiger partial charge is 0.481 e. The van der Waals surface area contributed by atoms with Crippen LogP contribution in [0, 0.1) is 5.41 Å². The average Bonchev–Trinajstić information content (AvgIpc) is 1.66. The van der Waals surface area contributed by atoms with E-state index >= 15 is 33.6 Å². The van der Waals surface area contributed by atoms with Gasteiger partial charge in [-0.25, -0.2) is 9.59 Å². The Bertz CT molecular complexity index is 5490. The first kappa shape index (κ1) is 109. The van der Waals surface area contributed by atoms with Crippen LogP contribution < -0.4 is 80.2 Å². The number of primary amides is 1. The summed E-state index contributed by atoms with van der Waals surface area (Å²) in [4.78, 5) is 293. The number of rotatable bonds is 15. The van der Waals surface area contributed by atoms with Crippen molar-refractivity contribution in [3.63, 3.8) is 0 Å². The molecule has 7 heterocycles. The molecule has 17 amide bonds. The monoisotopic (exact) mass is 1990 g/mol. The van der Waals surface area contributed by atoms with E-state index in [1.54, 1.807) is 104 Å². The fourth-order valence-electron chi connectivity index (χ4n) is 17.8. The molecular formula is C98H127N17O24S2. The molecule has 760 valence electrons. The van der Waals surface area contributed by atoms with Gasteiger partial charge in [-0.05, 0) is 196 Å². The summed E-state index contributed by atoms with van der Waals surface area (Å²) < 4.78 is 6.72. The van der Waals surface area contributed by atoms with Gasteiger partial charge < -0.3 is 110 Å². The van der Waals surface area contributed by atoms with Crippen molar-refractivity contribution >= 4 is 151 Å². The predicted octanol–water partition coefficient (Wildman–Crippen LogP) is 2.84. The summed E-state index contributed by atoms with van der Waals surface area (Å²) in [6.07, 6.45) is 1.43. The molecule has 0 aliphatic carbocycles. The van der Waals surface area contributed by atoms with Gasteiger partial charge in [-0.3, -0.25) is 86.3 Å². The van der Waals surface area contributed by atoms with Crippen molar-refractivity contribution in [2.24, 2.45) is 11.1 Å². The number of hydrogen-bond acceptors (Lipinski definition) is 23. The number of carbonyl (C=O) groups excluding carboxylic acids is 17. The van der Waals surface area contributed by atoms with Crippen molar-refractivity contribution in [1.29, 1.82) is 0 Å². The van der Waals surface area contributed by atoms with Crippen LogP contribution in [-0.4, -0.2) is 259 Å². The number of nitrogens with one attached hydrogen (secondary N) is 14. The standard InChI is InChI=1S/C98H127N17O24S2/c1-57-80(123)101-58(2)81(124)105-68(47-60-26-14-13-15-27-60)83(126)104-67-31-18-22-41-100-76(117)34-33-66(79(99)122)103-85(128)71(50-64-55-141-75-32-17-16-30-65(64)75)107-84(127)70(49-62-35-45-140-54-62)109-92(136)97(113-88(67)131)40-43-114(56-97)94(138)139-44-23-12-8-7-9-19-36-96(91(135)110-72(51-77(118)119)86(129)106-69(82(125)102-57)48-61-28-24-29-63(46-61)90(133)134)37-20-10-11-21-38-98(39-25-42-115(98)59(3)116)93(137)111-73(52-78(120)121)87(130)108-74(89(132)112-96)53-95(4,5)6/h7-8,11,13-17,21,24,26-30,32,35,45-46,54-55,57-58,66-74H,9-10,12,18-20,22-23,25,31,33-34,36-44,47-53,56H2,1-6H3,(H2,99,122)(H,100,117)(H,101,123)(H,102,125)(H,103,128)(H,104,126)(H,105,124)(H,106,129)(H,107,127)(H,108,130)(H,109,136)(H,110,135)(H,111,137)(H,112,132)(H,113,131)(H,118,119)(H,120,121)(H,133,134)/b8-7-,21-11-/t57-,58-,66-,67-,68-,69-,70-,71-,72-,73-,74-,96+,97-,98-/m0/s1. The molecule has 43 heteroatoms. The van der Waals surface area contributed by atoms with E-state index in [2.05, 4.69) is 74.4 Å². The van der Waals surface area contributed by atoms with Crippen molar-refractivity contribution in [3.05, 3.63) is 153 Å². The summed E-state index contributed by atoms with van der Waals surface area (Å²) in [6, 6.07) is 3.99. The number of aliphatic carboxylic acids is 2. The fraction of sp³-hybridized carbons (Fsp3) is 0.510. The van der Waals surface area contributed by atoms with E-state index in [-0.39, 0.29) is 166 Å². The quantitative estimate of drug-likeness (QED) is 0.0670. The second-order valence-corrected chi connectivity index (χ2v) is 39.3. The molecule has 3 fully saturated rings. The number of allylic oxidation sites excluding steroid dienone is 3. The van der Waals surface area contributed by atoms with Crippen LogP contribution in [0.5, 0.6) is 0 Å². The van der Waals surface area contributed by atoms with Crippen LogP contribution in [0.3, 0.4) is 0 Å². The SMILES string of the molecule is CC(=O)N1CCC[C@]12C/C=C\CCC[C@@]1(CCC/C=C\CCCOC(=O)N3CC[C@@]4(C3)NC(=O)[C@H](CCCCNC(=O)CC[C@@H](C(N)=O)NC(=O)[C@H](Cc3csc5ccccc35)NC(=O)[C@H](Cc3ccsc3)NC4=O)NC(=O)[C@H](Cc3ccccc3)NC(=O)[C@H](C)NC(=O)[C@H](C)NC(=O)[C@H](Cc3cccc(C(=O)O)c3)NC(=O)[C@H](CC(=O)O)NC1=O)NC(=O)[C@H](CC(C)(C)C)NC(=O)[C@H](CC(=O)O)NC2=O. The molecule has 3 spiro atoms. The summed E-state index contributed by atoms with van der Waals surface area (Å²) in [7, 11) is 0. The number of cyclic esters (lactones) is 1. The Morgan fingerprint density at radius 3 is 1.69 bits per heavy atom. The minimum atomic E-state index is -2.20. The number of amides is 17. The Balaban J connectivity index is 1.03. The van der Waals surface area contributed by atoms with E-state index in [4.69, 9.17) is 10.5 Å². The number of ether oxygens (including phenoxy) is 1. The fourth-order valence-corrected chi connectivity index (χ4v) is 19.5. The molecule has 5 aliphatic heterocycles. The first-order valence-corrected chi connectivity index (χ1v) is 49.2. The summed E-state index contributed by atoms with van der Waals surface area (Å²) in [5.74, 6) is -20.1. The highest BCUT2D eigenvalue weighted by Crippen LogP contribution is 2.36. The molecule has 3 aromatic carbocycles. The van der Waals surface area contributed by atoms with Crippen LogP contribution in [-0.2, 0) is 117 Å². The lowest BCUT2D eigenvalue weighted by Crippen LogP contribution is -2.66. The van der Waals surface area contributed by atoms with Gasteiger partial charge in [0.25, 0.3) is 0 Å². The van der Waals surface area contributed by atoms with Crippen molar-refractivity contribution in [1.82, 2.24) is 84.2 Å². The lowest BCUT2D eigenvalue weighted by molar-refractivity contribution is -0.146. The van der Waals surface area contributed by atoms with Crippen LogP contribution in [0.15, 0.2) is 125 Å². The number of benzene rings is 3. The predicted molar refractivity (Wildman–Crippen MR) is 516 cm³/mol. The van der Waals surface area contributed by atoms with E-state index in [9.17, 15) is 77.6 Å². The summed E-state index contributed by atoms with van der Waals surface area (Å²) >= 11 is 2.65. The first-order chi connectivity index (χ1) is 67.0. The molecule has 41 nitrogen and oxygen atoms in total. The molecule has 3 bridgehead atoms. The number of thiophene rings is 2. The number of nitrogens with zero attached hydrogens (tertiary/aromatic N) is 2. The highest BCUT2D eigenvalue weighted by atomic mass is 32.1. The third kappa shape index (κ3) is 31.2. The maximum atomic E-state index is 16.0. The normalized spacial score (nSPS) is 27.2. The number of carbonyl (C=O) groups is 20. The van der Waals surface area contributed by atoms with Gasteiger partial charge >= 0.3 is 24.0 Å². The molecule has 19 N–H and O–H groups in total. The van der Waals surface area contributed by atoms with Crippen molar-refractivity contribution in [2.75, 3.05) is 32.8 Å². The lowest BCUT2D eigenvalue weighted by atomic mass is 9.83. The summed E-state index contributed by atoms with van der Waals surface area (Å²) in [5, 5.41) is 74.4. The number of carboxylic acid groups (broad SMARTS) is 3. The molecule has 0 saturated carbocycles. The summed E-state index contributed by atoms with van der Waals surface area (Å²) in [5.41, 5.74) is 0.498. The smallest absolute Gasteiger partial charge is 0.409 e. The second kappa shape index (κ2) is 50.7. The highest BCUT2D eigenvalue weighted by Gasteiger charge is 2.53. The molecule has 5 aromatic rings. The zero-order valence-electron chi connectivity index (χ0n) is 79.7. The zero-order valence-corrected chi connectivity index (χ0v) is 81.3. The van der Waals surface area contributed by atoms with E-state index in [1.807, 2.05) is 18.2 Å². The Hall–Kier alpha value is -14.0. The Kier molecular flexibility index (Phi) is 39.2. The minimum absolute atomic E-state index is 0.00944. The van der Waals surface area contributed by atoms with Gasteiger partial charge in [-0.1, -0.05) is 106 Å². The molecule has 10 rings (SSSR count). The van der Waals surface area contributed by atoms with Crippen LogP contribution in [0.25, 0.3) is 10.1 Å². The van der Waals surface area contributed by atoms with Gasteiger partial charge in [0.15, 0.2) is 0 Å². The number of nitrogens with two attached hydrogens (primary N) is 1.